The zero-order chi connectivity index (χ0) is 18.8. The van der Waals surface area contributed by atoms with Gasteiger partial charge in [0.2, 0.25) is 0 Å². The quantitative estimate of drug-likeness (QED) is 0.367. The molecule has 0 aromatic heterocycles. The zero-order valence-corrected chi connectivity index (χ0v) is 16.1. The Kier molecular flexibility index (Phi) is 5.24. The van der Waals surface area contributed by atoms with Crippen molar-refractivity contribution in [3.05, 3.63) is 58.5 Å². The van der Waals surface area contributed by atoms with Crippen LogP contribution in [0.2, 0.25) is 0 Å². The van der Waals surface area contributed by atoms with Gasteiger partial charge in [0.25, 0.3) is 0 Å². The Bertz CT molecular complexity index is 808. The Morgan fingerprint density at radius 2 is 1.73 bits per heavy atom. The first kappa shape index (κ1) is 18.7. The van der Waals surface area contributed by atoms with Crippen LogP contribution in [-0.4, -0.2) is 22.7 Å². The third-order valence-electron chi connectivity index (χ3n) is 5.37. The fourth-order valence-electron chi connectivity index (χ4n) is 4.11. The van der Waals surface area contributed by atoms with Gasteiger partial charge in [0.1, 0.15) is 6.10 Å². The molecule has 1 heterocycles. The fourth-order valence-corrected chi connectivity index (χ4v) is 4.11. The first-order chi connectivity index (χ1) is 12.3. The highest BCUT2D eigenvalue weighted by atomic mass is 16.7. The molecule has 1 atom stereocenters. The molecular weight excluding hydrogens is 324 g/mol. The zero-order valence-electron chi connectivity index (χ0n) is 16.1. The predicted octanol–water partition coefficient (Wildman–Crippen LogP) is 6.17. The average Bonchev–Trinajstić information content (AvgIpc) is 2.59. The van der Waals surface area contributed by atoms with E-state index in [1.54, 1.807) is 0 Å². The van der Waals surface area contributed by atoms with Gasteiger partial charge in [0.05, 0.1) is 6.54 Å². The number of hydrogen-bond acceptors (Lipinski definition) is 3. The van der Waals surface area contributed by atoms with Gasteiger partial charge in [-0.1, -0.05) is 41.5 Å². The van der Waals surface area contributed by atoms with Gasteiger partial charge < -0.3 is 0 Å². The van der Waals surface area contributed by atoms with Crippen LogP contribution in [0.3, 0.4) is 0 Å². The van der Waals surface area contributed by atoms with Crippen molar-refractivity contribution < 1.29 is 4.84 Å². The highest BCUT2D eigenvalue weighted by Crippen LogP contribution is 2.40. The van der Waals surface area contributed by atoms with Crippen molar-refractivity contribution in [1.29, 1.82) is 0 Å². The van der Waals surface area contributed by atoms with Gasteiger partial charge in [-0.25, -0.2) is 0 Å². The lowest BCUT2D eigenvalue weighted by atomic mass is 9.82. The molecule has 0 spiro atoms. The summed E-state index contributed by atoms with van der Waals surface area (Å²) in [5, 5.41) is 8.31. The summed E-state index contributed by atoms with van der Waals surface area (Å²) in [6.45, 7) is 9.16. The minimum absolute atomic E-state index is 0.0623. The molecule has 1 fully saturated rings. The van der Waals surface area contributed by atoms with Crippen molar-refractivity contribution in [3.8, 4) is 0 Å². The molecule has 2 aromatic rings. The normalized spacial score (nSPS) is 20.5. The van der Waals surface area contributed by atoms with Gasteiger partial charge in [-0.05, 0) is 74.9 Å². The van der Waals surface area contributed by atoms with Crippen molar-refractivity contribution in [2.45, 2.75) is 64.1 Å². The molecule has 138 valence electrons. The summed E-state index contributed by atoms with van der Waals surface area (Å²) in [7, 11) is 0. The van der Waals surface area contributed by atoms with Crippen molar-refractivity contribution in [3.63, 3.8) is 0 Å². The van der Waals surface area contributed by atoms with Gasteiger partial charge in [0, 0.05) is 16.0 Å². The van der Waals surface area contributed by atoms with Crippen LogP contribution in [0.5, 0.6) is 0 Å². The van der Waals surface area contributed by atoms with E-state index in [9.17, 15) is 0 Å². The van der Waals surface area contributed by atoms with Gasteiger partial charge in [-0.15, -0.1) is 0 Å². The largest absolute Gasteiger partial charge is 0.290 e. The molecule has 5 nitrogen and oxygen atoms in total. The van der Waals surface area contributed by atoms with Crippen molar-refractivity contribution in [1.82, 2.24) is 5.06 Å². The summed E-state index contributed by atoms with van der Waals surface area (Å²) in [5.41, 5.74) is 9.75. The molecule has 0 aliphatic carbocycles. The van der Waals surface area contributed by atoms with Crippen LogP contribution in [0.25, 0.3) is 21.2 Å². The van der Waals surface area contributed by atoms with E-state index in [4.69, 9.17) is 10.4 Å². The molecule has 0 amide bonds. The maximum atomic E-state index is 8.83. The van der Waals surface area contributed by atoms with Gasteiger partial charge in [0.15, 0.2) is 0 Å². The summed E-state index contributed by atoms with van der Waals surface area (Å²) >= 11 is 0. The van der Waals surface area contributed by atoms with E-state index >= 15 is 0 Å². The summed E-state index contributed by atoms with van der Waals surface area (Å²) in [4.78, 5) is 9.48. The van der Waals surface area contributed by atoms with Crippen LogP contribution < -0.4 is 0 Å². The maximum Gasteiger partial charge on any atom is 0.110 e. The second kappa shape index (κ2) is 7.28. The molecule has 0 radical (unpaired) electrons. The molecule has 3 rings (SSSR count). The SMILES string of the molecule is CC1(C)CCCC(C)(C)N1OC(CN=[N+]=[N-])c1ccc2ccccc2c1. The Hall–Kier alpha value is -2.07. The second-order valence-electron chi connectivity index (χ2n) is 8.39. The monoisotopic (exact) mass is 352 g/mol. The first-order valence-corrected chi connectivity index (χ1v) is 9.30. The van der Waals surface area contributed by atoms with Crippen molar-refractivity contribution in [2.75, 3.05) is 6.54 Å². The van der Waals surface area contributed by atoms with Crippen molar-refractivity contribution in [2.24, 2.45) is 5.11 Å². The first-order valence-electron chi connectivity index (χ1n) is 9.30. The molecule has 26 heavy (non-hydrogen) atoms. The van der Waals surface area contributed by atoms with E-state index in [1.165, 1.54) is 11.8 Å². The average molecular weight is 352 g/mol. The molecule has 2 aromatic carbocycles. The summed E-state index contributed by atoms with van der Waals surface area (Å²) < 4.78 is 0. The van der Waals surface area contributed by atoms with E-state index in [2.05, 4.69) is 73.1 Å². The summed E-state index contributed by atoms with van der Waals surface area (Å²) in [6.07, 6.45) is 3.06. The Labute approximate surface area is 155 Å². The lowest BCUT2D eigenvalue weighted by molar-refractivity contribution is -0.305. The van der Waals surface area contributed by atoms with Crippen LogP contribution in [0.15, 0.2) is 47.6 Å². The third kappa shape index (κ3) is 3.85. The van der Waals surface area contributed by atoms with Gasteiger partial charge >= 0.3 is 0 Å². The van der Waals surface area contributed by atoms with E-state index in [0.29, 0.717) is 0 Å². The molecule has 1 aliphatic heterocycles. The maximum absolute atomic E-state index is 8.83. The minimum Gasteiger partial charge on any atom is -0.290 e. The van der Waals surface area contributed by atoms with Gasteiger partial charge in [-0.2, -0.15) is 5.06 Å². The molecule has 0 bridgehead atoms. The minimum atomic E-state index is -0.299. The van der Waals surface area contributed by atoms with Crippen LogP contribution >= 0.6 is 0 Å². The standard InChI is InChI=1S/C21H28N4O/c1-20(2)12-7-13-21(3,4)25(20)26-19(15-23-24-22)18-11-10-16-8-5-6-9-17(16)14-18/h5-6,8-11,14,19H,7,12-13,15H2,1-4H3. The smallest absolute Gasteiger partial charge is 0.110 e. The van der Waals surface area contributed by atoms with E-state index in [-0.39, 0.29) is 23.7 Å². The van der Waals surface area contributed by atoms with Crippen LogP contribution in [-0.2, 0) is 4.84 Å². The fraction of sp³-hybridized carbons (Fsp3) is 0.524. The molecule has 1 aliphatic rings. The Morgan fingerprint density at radius 3 is 2.38 bits per heavy atom. The predicted molar refractivity (Wildman–Crippen MR) is 106 cm³/mol. The third-order valence-corrected chi connectivity index (χ3v) is 5.37. The Morgan fingerprint density at radius 1 is 1.08 bits per heavy atom. The molecule has 5 heteroatoms. The number of hydrogen-bond donors (Lipinski definition) is 0. The lowest BCUT2D eigenvalue weighted by Crippen LogP contribution is -2.58. The topological polar surface area (TPSA) is 61.2 Å². The van der Waals surface area contributed by atoms with E-state index < -0.39 is 0 Å². The summed E-state index contributed by atoms with van der Waals surface area (Å²) in [5.74, 6) is 0. The van der Waals surface area contributed by atoms with Crippen LogP contribution in [0.4, 0.5) is 0 Å². The van der Waals surface area contributed by atoms with Gasteiger partial charge in [-0.3, -0.25) is 4.84 Å². The molecule has 1 saturated heterocycles. The lowest BCUT2D eigenvalue weighted by Gasteiger charge is -2.52. The molecule has 0 N–H and O–H groups in total. The number of piperidine rings is 1. The number of nitrogens with zero attached hydrogens (tertiary/aromatic N) is 4. The molecule has 0 saturated carbocycles. The van der Waals surface area contributed by atoms with E-state index in [0.717, 1.165) is 23.8 Å². The van der Waals surface area contributed by atoms with Crippen LogP contribution in [0.1, 0.15) is 58.6 Å². The number of fused-ring (bicyclic) bond motifs is 1. The molecule has 1 unspecified atom stereocenters. The van der Waals surface area contributed by atoms with Crippen molar-refractivity contribution >= 4 is 10.8 Å². The summed E-state index contributed by atoms with van der Waals surface area (Å²) in [6, 6.07) is 14.6. The number of benzene rings is 2. The molecular formula is C21H28N4O. The highest BCUT2D eigenvalue weighted by molar-refractivity contribution is 5.83. The Balaban J connectivity index is 1.95. The number of rotatable bonds is 5. The number of hydroxylamine groups is 2. The number of azide groups is 1. The van der Waals surface area contributed by atoms with E-state index in [1.807, 2.05) is 12.1 Å². The van der Waals surface area contributed by atoms with Crippen LogP contribution in [0, 0.1) is 0 Å². The highest BCUT2D eigenvalue weighted by Gasteiger charge is 2.43. The second-order valence-corrected chi connectivity index (χ2v) is 8.39.